The van der Waals surface area contributed by atoms with Gasteiger partial charge in [0.25, 0.3) is 5.91 Å². The van der Waals surface area contributed by atoms with Gasteiger partial charge < -0.3 is 14.6 Å². The first-order valence-electron chi connectivity index (χ1n) is 12.0. The molecule has 1 N–H and O–H groups in total. The Balaban J connectivity index is 1.18. The number of aromatic nitrogens is 1. The van der Waals surface area contributed by atoms with Crippen molar-refractivity contribution >= 4 is 40.4 Å². The zero-order chi connectivity index (χ0) is 24.9. The number of likely N-dealkylation sites (tertiary alicyclic amines) is 1. The maximum Gasteiger partial charge on any atom is 0.275 e. The summed E-state index contributed by atoms with van der Waals surface area (Å²) in [6.45, 7) is 1.41. The molecule has 1 aliphatic rings. The number of furan rings is 1. The van der Waals surface area contributed by atoms with Crippen molar-refractivity contribution in [2.24, 2.45) is 0 Å². The van der Waals surface area contributed by atoms with Gasteiger partial charge >= 0.3 is 0 Å². The van der Waals surface area contributed by atoms with Crippen LogP contribution in [-0.4, -0.2) is 34.8 Å². The molecule has 0 spiro atoms. The van der Waals surface area contributed by atoms with E-state index in [9.17, 15) is 9.59 Å². The van der Waals surface area contributed by atoms with Crippen LogP contribution in [0.2, 0.25) is 5.02 Å². The van der Waals surface area contributed by atoms with Crippen LogP contribution in [0, 0.1) is 0 Å². The molecule has 0 atom stereocenters. The van der Waals surface area contributed by atoms with E-state index in [0.717, 1.165) is 40.4 Å². The lowest BCUT2D eigenvalue weighted by Crippen LogP contribution is -2.38. The molecule has 5 rings (SSSR count). The Morgan fingerprint density at radius 2 is 1.83 bits per heavy atom. The van der Waals surface area contributed by atoms with Crippen molar-refractivity contribution < 1.29 is 14.0 Å². The number of nitrogens with one attached hydrogen (secondary N) is 1. The average Bonchev–Trinajstić information content (AvgIpc) is 3.61. The van der Waals surface area contributed by atoms with Gasteiger partial charge in [-0.05, 0) is 48.7 Å². The number of piperidine rings is 1. The molecule has 2 aromatic heterocycles. The van der Waals surface area contributed by atoms with Crippen molar-refractivity contribution in [1.82, 2.24) is 9.88 Å². The maximum atomic E-state index is 13.0. The van der Waals surface area contributed by atoms with E-state index in [2.05, 4.69) is 10.3 Å². The van der Waals surface area contributed by atoms with Gasteiger partial charge in [0.1, 0.15) is 11.5 Å². The third-order valence-electron chi connectivity index (χ3n) is 6.45. The standard InChI is InChI=1S/C28H26ClN3O3S/c29-21-9-7-19(8-10-21)23-5-1-2-6-24(23)30-27(34)25-18-36-28(31-25)20-13-15-32(16-14-20)26(33)12-11-22-4-3-17-35-22/h1-10,17-18,20H,11-16H2,(H,30,34). The van der Waals surface area contributed by atoms with E-state index >= 15 is 0 Å². The predicted octanol–water partition coefficient (Wildman–Crippen LogP) is 6.65. The van der Waals surface area contributed by atoms with Crippen LogP contribution >= 0.6 is 22.9 Å². The number of hydrogen-bond donors (Lipinski definition) is 1. The molecular weight excluding hydrogens is 494 g/mol. The molecule has 0 aliphatic carbocycles. The Kier molecular flexibility index (Phi) is 7.49. The van der Waals surface area contributed by atoms with Crippen molar-refractivity contribution in [2.45, 2.75) is 31.6 Å². The minimum Gasteiger partial charge on any atom is -0.469 e. The largest absolute Gasteiger partial charge is 0.469 e. The third kappa shape index (κ3) is 5.69. The summed E-state index contributed by atoms with van der Waals surface area (Å²) in [6.07, 6.45) is 4.41. The second-order valence-electron chi connectivity index (χ2n) is 8.81. The Morgan fingerprint density at radius 1 is 1.06 bits per heavy atom. The first kappa shape index (κ1) is 24.3. The SMILES string of the molecule is O=C(Nc1ccccc1-c1ccc(Cl)cc1)c1csc(C2CCN(C(=O)CCc3ccco3)CC2)n1. The highest BCUT2D eigenvalue weighted by Gasteiger charge is 2.26. The van der Waals surface area contributed by atoms with E-state index in [0.29, 0.717) is 36.6 Å². The van der Waals surface area contributed by atoms with Gasteiger partial charge in [-0.3, -0.25) is 9.59 Å². The van der Waals surface area contributed by atoms with Crippen molar-refractivity contribution in [3.63, 3.8) is 0 Å². The van der Waals surface area contributed by atoms with Crippen LogP contribution < -0.4 is 5.32 Å². The number of thiazole rings is 1. The number of aryl methyl sites for hydroxylation is 1. The predicted molar refractivity (Wildman–Crippen MR) is 143 cm³/mol. The number of benzene rings is 2. The molecule has 1 aliphatic heterocycles. The molecule has 3 heterocycles. The monoisotopic (exact) mass is 519 g/mol. The van der Waals surface area contributed by atoms with Crippen molar-refractivity contribution in [1.29, 1.82) is 0 Å². The first-order chi connectivity index (χ1) is 17.6. The number of carbonyl (C=O) groups is 2. The molecule has 1 fully saturated rings. The second-order valence-corrected chi connectivity index (χ2v) is 10.1. The lowest BCUT2D eigenvalue weighted by Gasteiger charge is -2.31. The minimum atomic E-state index is -0.232. The van der Waals surface area contributed by atoms with E-state index in [1.54, 1.807) is 6.26 Å². The van der Waals surface area contributed by atoms with Gasteiger partial charge in [-0.15, -0.1) is 11.3 Å². The van der Waals surface area contributed by atoms with Crippen LogP contribution in [-0.2, 0) is 11.2 Å². The third-order valence-corrected chi connectivity index (χ3v) is 7.71. The fourth-order valence-electron chi connectivity index (χ4n) is 4.46. The van der Waals surface area contributed by atoms with Crippen LogP contribution in [0.15, 0.2) is 76.7 Å². The van der Waals surface area contributed by atoms with Crippen molar-refractivity contribution in [3.8, 4) is 11.1 Å². The van der Waals surface area contributed by atoms with Crippen LogP contribution in [0.25, 0.3) is 11.1 Å². The minimum absolute atomic E-state index is 0.156. The smallest absolute Gasteiger partial charge is 0.275 e. The Labute approximate surface area is 218 Å². The molecule has 184 valence electrons. The van der Waals surface area contributed by atoms with Crippen LogP contribution in [0.3, 0.4) is 0 Å². The summed E-state index contributed by atoms with van der Waals surface area (Å²) >= 11 is 7.54. The topological polar surface area (TPSA) is 75.4 Å². The van der Waals surface area contributed by atoms with Gasteiger partial charge in [0.2, 0.25) is 5.91 Å². The summed E-state index contributed by atoms with van der Waals surface area (Å²) in [7, 11) is 0. The highest BCUT2D eigenvalue weighted by atomic mass is 35.5. The van der Waals surface area contributed by atoms with Crippen LogP contribution in [0.4, 0.5) is 5.69 Å². The summed E-state index contributed by atoms with van der Waals surface area (Å²) in [6, 6.07) is 19.0. The molecule has 36 heavy (non-hydrogen) atoms. The van der Waals surface area contributed by atoms with E-state index in [1.165, 1.54) is 11.3 Å². The number of nitrogens with zero attached hydrogens (tertiary/aromatic N) is 2. The van der Waals surface area contributed by atoms with Gasteiger partial charge in [0.05, 0.1) is 11.3 Å². The van der Waals surface area contributed by atoms with E-state index in [1.807, 2.05) is 70.9 Å². The van der Waals surface area contributed by atoms with E-state index < -0.39 is 0 Å². The number of rotatable bonds is 7. The van der Waals surface area contributed by atoms with Crippen molar-refractivity contribution in [3.05, 3.63) is 93.8 Å². The Bertz CT molecular complexity index is 1330. The van der Waals surface area contributed by atoms with Crippen LogP contribution in [0.5, 0.6) is 0 Å². The molecule has 8 heteroatoms. The van der Waals surface area contributed by atoms with Gasteiger partial charge in [-0.2, -0.15) is 0 Å². The number of anilines is 1. The number of amides is 2. The number of hydrogen-bond acceptors (Lipinski definition) is 5. The average molecular weight is 520 g/mol. The lowest BCUT2D eigenvalue weighted by molar-refractivity contribution is -0.132. The molecule has 0 radical (unpaired) electrons. The molecule has 0 unspecified atom stereocenters. The van der Waals surface area contributed by atoms with E-state index in [4.69, 9.17) is 16.0 Å². The number of para-hydroxylation sites is 1. The fraction of sp³-hybridized carbons (Fsp3) is 0.250. The summed E-state index contributed by atoms with van der Waals surface area (Å²) in [4.78, 5) is 32.2. The zero-order valence-corrected chi connectivity index (χ0v) is 21.2. The molecule has 2 aromatic carbocycles. The lowest BCUT2D eigenvalue weighted by atomic mass is 9.97. The summed E-state index contributed by atoms with van der Waals surface area (Å²) in [5.74, 6) is 1.02. The second kappa shape index (κ2) is 11.1. The number of halogens is 1. The quantitative estimate of drug-likeness (QED) is 0.296. The van der Waals surface area contributed by atoms with Crippen molar-refractivity contribution in [2.75, 3.05) is 18.4 Å². The van der Waals surface area contributed by atoms with Crippen LogP contribution in [0.1, 0.15) is 46.4 Å². The van der Waals surface area contributed by atoms with Gasteiger partial charge in [-0.25, -0.2) is 4.98 Å². The summed E-state index contributed by atoms with van der Waals surface area (Å²) < 4.78 is 5.32. The van der Waals surface area contributed by atoms with Gasteiger partial charge in [0.15, 0.2) is 0 Å². The van der Waals surface area contributed by atoms with E-state index in [-0.39, 0.29) is 17.7 Å². The summed E-state index contributed by atoms with van der Waals surface area (Å²) in [5, 5.41) is 6.45. The fourth-order valence-corrected chi connectivity index (χ4v) is 5.56. The summed E-state index contributed by atoms with van der Waals surface area (Å²) in [5.41, 5.74) is 3.03. The highest BCUT2D eigenvalue weighted by molar-refractivity contribution is 7.10. The molecule has 0 saturated carbocycles. The highest BCUT2D eigenvalue weighted by Crippen LogP contribution is 2.32. The van der Waals surface area contributed by atoms with Gasteiger partial charge in [0, 0.05) is 53.5 Å². The zero-order valence-electron chi connectivity index (χ0n) is 19.7. The normalized spacial score (nSPS) is 14.1. The molecule has 2 amide bonds. The molecule has 0 bridgehead atoms. The Hall–Kier alpha value is -3.42. The molecule has 4 aromatic rings. The maximum absolute atomic E-state index is 13.0. The molecular formula is C28H26ClN3O3S. The van der Waals surface area contributed by atoms with Gasteiger partial charge in [-0.1, -0.05) is 41.9 Å². The molecule has 1 saturated heterocycles. The Morgan fingerprint density at radius 3 is 2.58 bits per heavy atom. The molecule has 6 nitrogen and oxygen atoms in total. The number of carbonyl (C=O) groups excluding carboxylic acids is 2. The first-order valence-corrected chi connectivity index (χ1v) is 13.2.